The summed E-state index contributed by atoms with van der Waals surface area (Å²) in [5.74, 6) is -0.195. The van der Waals surface area contributed by atoms with Crippen molar-refractivity contribution in [3.8, 4) is 0 Å². The highest BCUT2D eigenvalue weighted by Crippen LogP contribution is 2.31. The zero-order valence-electron chi connectivity index (χ0n) is 12.4. The molecule has 2 rings (SSSR count). The van der Waals surface area contributed by atoms with Crippen molar-refractivity contribution < 1.29 is 4.79 Å². The maximum absolute atomic E-state index is 11.4. The largest absolute Gasteiger partial charge is 0.370 e. The van der Waals surface area contributed by atoms with Crippen molar-refractivity contribution in [1.82, 2.24) is 5.32 Å². The molecular weight excluding hydrogens is 250 g/mol. The molecule has 110 valence electrons. The van der Waals surface area contributed by atoms with Gasteiger partial charge in [0, 0.05) is 24.8 Å². The maximum atomic E-state index is 11.4. The van der Waals surface area contributed by atoms with E-state index in [0.29, 0.717) is 6.04 Å². The number of primary amides is 1. The number of rotatable bonds is 5. The predicted octanol–water partition coefficient (Wildman–Crippen LogP) is 2.06. The standard InChI is InChI=1S/C16H25N3O/c1-3-14(18-2)13-8-4-5-9-15(13)19-10-6-7-12(11-19)16(17)20/h4-5,8-9,12,14,18H,3,6-7,10-11H2,1-2H3,(H2,17,20). The molecule has 2 atom stereocenters. The number of nitrogens with one attached hydrogen (secondary N) is 1. The number of amides is 1. The van der Waals surface area contributed by atoms with Crippen molar-refractivity contribution in [2.45, 2.75) is 32.2 Å². The molecule has 1 fully saturated rings. The summed E-state index contributed by atoms with van der Waals surface area (Å²) in [6, 6.07) is 8.82. The molecule has 1 aliphatic heterocycles. The first kappa shape index (κ1) is 14.9. The van der Waals surface area contributed by atoms with Crippen molar-refractivity contribution in [1.29, 1.82) is 0 Å². The van der Waals surface area contributed by atoms with E-state index >= 15 is 0 Å². The van der Waals surface area contributed by atoms with Gasteiger partial charge in [0.15, 0.2) is 0 Å². The van der Waals surface area contributed by atoms with E-state index in [1.807, 2.05) is 7.05 Å². The number of nitrogens with zero attached hydrogens (tertiary/aromatic N) is 1. The van der Waals surface area contributed by atoms with Gasteiger partial charge >= 0.3 is 0 Å². The fourth-order valence-corrected chi connectivity index (χ4v) is 3.08. The van der Waals surface area contributed by atoms with E-state index in [9.17, 15) is 4.79 Å². The van der Waals surface area contributed by atoms with Crippen LogP contribution in [-0.4, -0.2) is 26.0 Å². The molecule has 0 saturated carbocycles. The van der Waals surface area contributed by atoms with Crippen molar-refractivity contribution in [3.63, 3.8) is 0 Å². The highest BCUT2D eigenvalue weighted by molar-refractivity contribution is 5.77. The first-order chi connectivity index (χ1) is 9.67. The zero-order valence-corrected chi connectivity index (χ0v) is 12.4. The fourth-order valence-electron chi connectivity index (χ4n) is 3.08. The molecule has 1 aromatic carbocycles. The number of hydrogen-bond acceptors (Lipinski definition) is 3. The van der Waals surface area contributed by atoms with Crippen molar-refractivity contribution >= 4 is 11.6 Å². The lowest BCUT2D eigenvalue weighted by molar-refractivity contribution is -0.122. The lowest BCUT2D eigenvalue weighted by Crippen LogP contribution is -2.41. The smallest absolute Gasteiger partial charge is 0.222 e. The molecule has 3 N–H and O–H groups in total. The molecule has 20 heavy (non-hydrogen) atoms. The third kappa shape index (κ3) is 3.12. The molecule has 0 radical (unpaired) electrons. The Morgan fingerprint density at radius 3 is 2.90 bits per heavy atom. The molecule has 0 aliphatic carbocycles. The number of nitrogens with two attached hydrogens (primary N) is 1. The molecule has 0 spiro atoms. The van der Waals surface area contributed by atoms with Crippen LogP contribution in [0.25, 0.3) is 0 Å². The molecule has 4 heteroatoms. The molecule has 0 bridgehead atoms. The third-order valence-electron chi connectivity index (χ3n) is 4.23. The van der Waals surface area contributed by atoms with Gasteiger partial charge in [-0.2, -0.15) is 0 Å². The Bertz CT molecular complexity index is 457. The second-order valence-electron chi connectivity index (χ2n) is 5.50. The zero-order chi connectivity index (χ0) is 14.5. The van der Waals surface area contributed by atoms with Crippen LogP contribution in [-0.2, 0) is 4.79 Å². The lowest BCUT2D eigenvalue weighted by Gasteiger charge is -2.35. The highest BCUT2D eigenvalue weighted by Gasteiger charge is 2.26. The van der Waals surface area contributed by atoms with Crippen molar-refractivity contribution in [2.75, 3.05) is 25.0 Å². The monoisotopic (exact) mass is 275 g/mol. The summed E-state index contributed by atoms with van der Waals surface area (Å²) < 4.78 is 0. The Hall–Kier alpha value is -1.55. The van der Waals surface area contributed by atoms with E-state index in [2.05, 4.69) is 41.4 Å². The Morgan fingerprint density at radius 1 is 1.50 bits per heavy atom. The van der Waals surface area contributed by atoms with Crippen LogP contribution in [0.5, 0.6) is 0 Å². The number of anilines is 1. The molecule has 1 aromatic rings. The van der Waals surface area contributed by atoms with Crippen LogP contribution in [0.1, 0.15) is 37.8 Å². The van der Waals surface area contributed by atoms with Crippen LogP contribution in [0.15, 0.2) is 24.3 Å². The average molecular weight is 275 g/mol. The molecule has 2 unspecified atom stereocenters. The minimum Gasteiger partial charge on any atom is -0.370 e. The molecule has 1 saturated heterocycles. The number of benzene rings is 1. The molecule has 0 aromatic heterocycles. The summed E-state index contributed by atoms with van der Waals surface area (Å²) in [7, 11) is 1.99. The summed E-state index contributed by atoms with van der Waals surface area (Å²) >= 11 is 0. The van der Waals surface area contributed by atoms with Crippen molar-refractivity contribution in [2.24, 2.45) is 11.7 Å². The summed E-state index contributed by atoms with van der Waals surface area (Å²) in [5.41, 5.74) is 8.02. The average Bonchev–Trinajstić information content (AvgIpc) is 2.49. The quantitative estimate of drug-likeness (QED) is 0.865. The number of carbonyl (C=O) groups excluding carboxylic acids is 1. The Labute approximate surface area is 121 Å². The van der Waals surface area contributed by atoms with Crippen LogP contribution >= 0.6 is 0 Å². The van der Waals surface area contributed by atoms with Crippen LogP contribution in [0.2, 0.25) is 0 Å². The molecule has 1 aliphatic rings. The lowest BCUT2D eigenvalue weighted by atomic mass is 9.95. The Balaban J connectivity index is 2.25. The predicted molar refractivity (Wildman–Crippen MR) is 82.7 cm³/mol. The van der Waals surface area contributed by atoms with Crippen LogP contribution in [0.3, 0.4) is 0 Å². The van der Waals surface area contributed by atoms with E-state index in [0.717, 1.165) is 32.4 Å². The second kappa shape index (κ2) is 6.75. The molecule has 1 amide bonds. The van der Waals surface area contributed by atoms with Crippen LogP contribution in [0.4, 0.5) is 5.69 Å². The number of carbonyl (C=O) groups is 1. The first-order valence-corrected chi connectivity index (χ1v) is 7.47. The van der Waals surface area contributed by atoms with Gasteiger partial charge in [0.2, 0.25) is 5.91 Å². The maximum Gasteiger partial charge on any atom is 0.222 e. The summed E-state index contributed by atoms with van der Waals surface area (Å²) in [6.07, 6.45) is 2.98. The van der Waals surface area contributed by atoms with E-state index in [4.69, 9.17) is 5.73 Å². The number of para-hydroxylation sites is 1. The van der Waals surface area contributed by atoms with Gasteiger partial charge in [0.25, 0.3) is 0 Å². The van der Waals surface area contributed by atoms with Gasteiger partial charge in [0.05, 0.1) is 5.92 Å². The normalized spacial score (nSPS) is 20.7. The van der Waals surface area contributed by atoms with Gasteiger partial charge in [-0.1, -0.05) is 25.1 Å². The molecule has 4 nitrogen and oxygen atoms in total. The fraction of sp³-hybridized carbons (Fsp3) is 0.562. The van der Waals surface area contributed by atoms with E-state index in [-0.39, 0.29) is 11.8 Å². The van der Waals surface area contributed by atoms with Gasteiger partial charge in [-0.25, -0.2) is 0 Å². The van der Waals surface area contributed by atoms with Gasteiger partial charge in [-0.15, -0.1) is 0 Å². The Morgan fingerprint density at radius 2 is 2.25 bits per heavy atom. The molecular formula is C16H25N3O. The third-order valence-corrected chi connectivity index (χ3v) is 4.23. The topological polar surface area (TPSA) is 58.4 Å². The molecule has 1 heterocycles. The second-order valence-corrected chi connectivity index (χ2v) is 5.50. The number of hydrogen-bond donors (Lipinski definition) is 2. The number of piperidine rings is 1. The van der Waals surface area contributed by atoms with Crippen LogP contribution < -0.4 is 16.0 Å². The van der Waals surface area contributed by atoms with Gasteiger partial charge in [-0.05, 0) is 37.9 Å². The van der Waals surface area contributed by atoms with Crippen LogP contribution in [0, 0.1) is 5.92 Å². The van der Waals surface area contributed by atoms with E-state index in [1.54, 1.807) is 0 Å². The van der Waals surface area contributed by atoms with Gasteiger partial charge in [-0.3, -0.25) is 4.79 Å². The van der Waals surface area contributed by atoms with Crippen molar-refractivity contribution in [3.05, 3.63) is 29.8 Å². The Kier molecular flexibility index (Phi) is 5.01. The summed E-state index contributed by atoms with van der Waals surface area (Å²) in [4.78, 5) is 13.8. The summed E-state index contributed by atoms with van der Waals surface area (Å²) in [6.45, 7) is 3.92. The van der Waals surface area contributed by atoms with Gasteiger partial charge < -0.3 is 16.0 Å². The van der Waals surface area contributed by atoms with E-state index < -0.39 is 0 Å². The summed E-state index contributed by atoms with van der Waals surface area (Å²) in [5, 5.41) is 3.36. The van der Waals surface area contributed by atoms with Gasteiger partial charge in [0.1, 0.15) is 0 Å². The highest BCUT2D eigenvalue weighted by atomic mass is 16.1. The minimum atomic E-state index is -0.173. The van der Waals surface area contributed by atoms with E-state index in [1.165, 1.54) is 11.3 Å². The first-order valence-electron chi connectivity index (χ1n) is 7.47. The SMILES string of the molecule is CCC(NC)c1ccccc1N1CCCC(C(N)=O)C1. The minimum absolute atomic E-state index is 0.0218.